The number of hydrogen-bond donors (Lipinski definition) is 2. The predicted molar refractivity (Wildman–Crippen MR) is 123 cm³/mol. The number of pyridine rings is 1. The molecule has 0 fully saturated rings. The van der Waals surface area contributed by atoms with Gasteiger partial charge >= 0.3 is 5.97 Å². The maximum absolute atomic E-state index is 13.3. The predicted octanol–water partition coefficient (Wildman–Crippen LogP) is 4.67. The van der Waals surface area contributed by atoms with Gasteiger partial charge in [0.15, 0.2) is 5.75 Å². The minimum absolute atomic E-state index is 0.0726. The highest BCUT2D eigenvalue weighted by Crippen LogP contribution is 2.38. The molecule has 2 N–H and O–H groups in total. The Hall–Kier alpha value is -3.59. The number of benzene rings is 2. The molecule has 0 aliphatic rings. The van der Waals surface area contributed by atoms with E-state index < -0.39 is 16.0 Å². The molecule has 0 aliphatic carbocycles. The lowest BCUT2D eigenvalue weighted by atomic mass is 10.1. The minimum Gasteiger partial charge on any atom is -0.465 e. The van der Waals surface area contributed by atoms with Crippen LogP contribution in [-0.4, -0.2) is 33.0 Å². The van der Waals surface area contributed by atoms with Gasteiger partial charge in [-0.25, -0.2) is 18.2 Å². The second kappa shape index (κ2) is 10.6. The van der Waals surface area contributed by atoms with Gasteiger partial charge in [-0.2, -0.15) is 0 Å². The van der Waals surface area contributed by atoms with Crippen LogP contribution in [0.25, 0.3) is 0 Å². The number of nitrogens with one attached hydrogen (secondary N) is 2. The van der Waals surface area contributed by atoms with Gasteiger partial charge in [-0.05, 0) is 42.8 Å². The van der Waals surface area contributed by atoms with Crippen LogP contribution >= 0.6 is 0 Å². The molecule has 32 heavy (non-hydrogen) atoms. The molecule has 9 heteroatoms. The number of nitrogens with zero attached hydrogens (tertiary/aromatic N) is 1. The number of rotatable bonds is 10. The number of hydrogen-bond acceptors (Lipinski definition) is 7. The second-order valence-electron chi connectivity index (χ2n) is 6.86. The van der Waals surface area contributed by atoms with Gasteiger partial charge in [-0.15, -0.1) is 0 Å². The van der Waals surface area contributed by atoms with Crippen molar-refractivity contribution in [1.82, 2.24) is 4.98 Å². The first-order valence-corrected chi connectivity index (χ1v) is 11.6. The van der Waals surface area contributed by atoms with Crippen LogP contribution in [0, 0.1) is 0 Å². The molecular formula is C23H25N3O5S. The zero-order valence-corrected chi connectivity index (χ0v) is 18.7. The van der Waals surface area contributed by atoms with E-state index in [1.165, 1.54) is 31.5 Å². The summed E-state index contributed by atoms with van der Waals surface area (Å²) in [5.74, 6) is 0.000691. The van der Waals surface area contributed by atoms with Crippen LogP contribution < -0.4 is 14.8 Å². The van der Waals surface area contributed by atoms with Crippen LogP contribution in [0.2, 0.25) is 0 Å². The molecule has 8 nitrogen and oxygen atoms in total. The lowest BCUT2D eigenvalue weighted by Gasteiger charge is -2.19. The normalized spacial score (nSPS) is 10.9. The first-order chi connectivity index (χ1) is 15.4. The largest absolute Gasteiger partial charge is 0.465 e. The summed E-state index contributed by atoms with van der Waals surface area (Å²) in [6.45, 7) is 2.61. The summed E-state index contributed by atoms with van der Waals surface area (Å²) >= 11 is 0. The van der Waals surface area contributed by atoms with Gasteiger partial charge in [0.05, 0.1) is 18.4 Å². The quantitative estimate of drug-likeness (QED) is 0.338. The number of ether oxygens (including phenoxy) is 2. The average molecular weight is 456 g/mol. The molecule has 2 aromatic carbocycles. The van der Waals surface area contributed by atoms with E-state index >= 15 is 0 Å². The molecular weight excluding hydrogens is 430 g/mol. The summed E-state index contributed by atoms with van der Waals surface area (Å²) in [5.41, 5.74) is 0.444. The highest BCUT2D eigenvalue weighted by atomic mass is 32.2. The number of carbonyl (C=O) groups excluding carboxylic acids is 1. The smallest absolute Gasteiger partial charge is 0.337 e. The van der Waals surface area contributed by atoms with E-state index in [9.17, 15) is 13.2 Å². The van der Waals surface area contributed by atoms with E-state index in [0.29, 0.717) is 18.0 Å². The zero-order chi connectivity index (χ0) is 23.0. The highest BCUT2D eigenvalue weighted by Gasteiger charge is 2.27. The van der Waals surface area contributed by atoms with Crippen LogP contribution in [0.15, 0.2) is 71.8 Å². The molecule has 0 atom stereocenters. The van der Waals surface area contributed by atoms with Crippen molar-refractivity contribution in [1.29, 1.82) is 0 Å². The van der Waals surface area contributed by atoms with Gasteiger partial charge < -0.3 is 14.8 Å². The molecule has 0 bridgehead atoms. The molecule has 1 aromatic heterocycles. The fraction of sp³-hybridized carbons (Fsp3) is 0.217. The summed E-state index contributed by atoms with van der Waals surface area (Å²) in [5, 5.41) is 3.19. The maximum Gasteiger partial charge on any atom is 0.337 e. The highest BCUT2D eigenvalue weighted by molar-refractivity contribution is 7.92. The number of aromatic nitrogens is 1. The number of sulfonamides is 1. The van der Waals surface area contributed by atoms with Crippen molar-refractivity contribution in [3.63, 3.8) is 0 Å². The Balaban J connectivity index is 2.15. The first-order valence-electron chi connectivity index (χ1n) is 10.1. The molecule has 0 unspecified atom stereocenters. The third-order valence-electron chi connectivity index (χ3n) is 4.48. The van der Waals surface area contributed by atoms with Crippen molar-refractivity contribution in [2.45, 2.75) is 24.7 Å². The molecule has 0 radical (unpaired) electrons. The monoisotopic (exact) mass is 455 g/mol. The van der Waals surface area contributed by atoms with Crippen LogP contribution in [0.4, 0.5) is 11.5 Å². The number of methoxy groups -OCH3 is 1. The third-order valence-corrected chi connectivity index (χ3v) is 5.84. The Kier molecular flexibility index (Phi) is 7.67. The Bertz CT molecular complexity index is 1150. The van der Waals surface area contributed by atoms with Crippen molar-refractivity contribution in [3.8, 4) is 11.5 Å². The second-order valence-corrected chi connectivity index (χ2v) is 8.51. The Morgan fingerprint density at radius 1 is 1.06 bits per heavy atom. The molecule has 0 saturated heterocycles. The molecule has 0 amide bonds. The van der Waals surface area contributed by atoms with Crippen molar-refractivity contribution >= 4 is 27.5 Å². The summed E-state index contributed by atoms with van der Waals surface area (Å²) in [6, 6.07) is 16.4. The molecule has 0 aliphatic heterocycles. The topological polar surface area (TPSA) is 107 Å². The van der Waals surface area contributed by atoms with Crippen LogP contribution in [0.3, 0.4) is 0 Å². The van der Waals surface area contributed by atoms with Crippen molar-refractivity contribution in [3.05, 3.63) is 72.4 Å². The summed E-state index contributed by atoms with van der Waals surface area (Å²) in [4.78, 5) is 16.1. The maximum atomic E-state index is 13.3. The van der Waals surface area contributed by atoms with Gasteiger partial charge in [0.2, 0.25) is 0 Å². The average Bonchev–Trinajstić information content (AvgIpc) is 2.80. The molecule has 0 saturated carbocycles. The SMILES string of the molecule is CCCCNc1cc(C(=O)OC)cc(S(=O)(=O)Nc2ccccn2)c1Oc1ccccc1. The zero-order valence-electron chi connectivity index (χ0n) is 17.9. The number of anilines is 2. The van der Waals surface area contributed by atoms with Crippen LogP contribution in [0.5, 0.6) is 11.5 Å². The lowest BCUT2D eigenvalue weighted by Crippen LogP contribution is -2.17. The van der Waals surface area contributed by atoms with Crippen molar-refractivity contribution < 1.29 is 22.7 Å². The molecule has 1 heterocycles. The molecule has 3 aromatic rings. The van der Waals surface area contributed by atoms with E-state index in [0.717, 1.165) is 12.8 Å². The summed E-state index contributed by atoms with van der Waals surface area (Å²) in [7, 11) is -2.93. The van der Waals surface area contributed by atoms with E-state index in [1.54, 1.807) is 36.4 Å². The Morgan fingerprint density at radius 2 is 1.81 bits per heavy atom. The molecule has 0 spiro atoms. The number of unbranched alkanes of at least 4 members (excludes halogenated alkanes) is 1. The lowest BCUT2D eigenvalue weighted by molar-refractivity contribution is 0.0600. The van der Waals surface area contributed by atoms with Crippen molar-refractivity contribution in [2.24, 2.45) is 0 Å². The van der Waals surface area contributed by atoms with Crippen molar-refractivity contribution in [2.75, 3.05) is 23.7 Å². The first kappa shape index (κ1) is 23.1. The number of para-hydroxylation sites is 1. The van der Waals surface area contributed by atoms with Gasteiger partial charge in [0, 0.05) is 12.7 Å². The Labute approximate surface area is 187 Å². The van der Waals surface area contributed by atoms with E-state index in [-0.39, 0.29) is 22.0 Å². The van der Waals surface area contributed by atoms with Crippen LogP contribution in [0.1, 0.15) is 30.1 Å². The molecule has 168 valence electrons. The number of esters is 1. The third kappa shape index (κ3) is 5.76. The van der Waals surface area contributed by atoms with E-state index in [4.69, 9.17) is 9.47 Å². The van der Waals surface area contributed by atoms with Gasteiger partial charge in [-0.3, -0.25) is 4.72 Å². The minimum atomic E-state index is -4.17. The van der Waals surface area contributed by atoms with Crippen LogP contribution in [-0.2, 0) is 14.8 Å². The number of carbonyl (C=O) groups is 1. The van der Waals surface area contributed by atoms with E-state index in [1.807, 2.05) is 13.0 Å². The summed E-state index contributed by atoms with van der Waals surface area (Å²) < 4.78 is 40.0. The molecule has 3 rings (SSSR count). The van der Waals surface area contributed by atoms with Gasteiger partial charge in [-0.1, -0.05) is 37.6 Å². The van der Waals surface area contributed by atoms with Gasteiger partial charge in [0.1, 0.15) is 16.5 Å². The fourth-order valence-electron chi connectivity index (χ4n) is 2.90. The standard InChI is InChI=1S/C23H25N3O5S/c1-3-4-13-24-19-15-17(23(27)30-2)16-20(22(19)31-18-10-6-5-7-11-18)32(28,29)26-21-12-8-9-14-25-21/h5-12,14-16,24H,3-4,13H2,1-2H3,(H,25,26). The Morgan fingerprint density at radius 3 is 2.47 bits per heavy atom. The van der Waals surface area contributed by atoms with E-state index in [2.05, 4.69) is 15.0 Å². The summed E-state index contributed by atoms with van der Waals surface area (Å²) in [6.07, 6.45) is 3.26. The van der Waals surface area contributed by atoms with Gasteiger partial charge in [0.25, 0.3) is 10.0 Å². The fourth-order valence-corrected chi connectivity index (χ4v) is 4.08.